The lowest BCUT2D eigenvalue weighted by Crippen LogP contribution is -2.28. The topological polar surface area (TPSA) is 72.8 Å². The second-order valence-electron chi connectivity index (χ2n) is 15.8. The number of rotatable bonds is 43. The third-order valence-electron chi connectivity index (χ3n) is 9.99. The maximum absolute atomic E-state index is 12.2. The molecule has 5 nitrogen and oxygen atoms in total. The van der Waals surface area contributed by atoms with E-state index in [4.69, 9.17) is 9.47 Å². The number of allylic oxidation sites excluding steroid dienone is 20. The van der Waals surface area contributed by atoms with Crippen molar-refractivity contribution >= 4 is 11.9 Å². The minimum Gasteiger partial charge on any atom is -0.462 e. The zero-order valence-corrected chi connectivity index (χ0v) is 39.1. The highest BCUT2D eigenvalue weighted by molar-refractivity contribution is 5.70. The highest BCUT2D eigenvalue weighted by atomic mass is 16.6. The van der Waals surface area contributed by atoms with Crippen molar-refractivity contribution in [1.29, 1.82) is 0 Å². The van der Waals surface area contributed by atoms with Crippen LogP contribution in [0.3, 0.4) is 0 Å². The fourth-order valence-electron chi connectivity index (χ4n) is 6.30. The molecule has 0 heterocycles. The van der Waals surface area contributed by atoms with Gasteiger partial charge in [-0.05, 0) is 109 Å². The summed E-state index contributed by atoms with van der Waals surface area (Å²) in [6.45, 7) is 3.97. The van der Waals surface area contributed by atoms with Crippen molar-refractivity contribution in [2.45, 2.75) is 206 Å². The lowest BCUT2D eigenvalue weighted by atomic mass is 10.1. The van der Waals surface area contributed by atoms with Gasteiger partial charge in [-0.1, -0.05) is 200 Å². The van der Waals surface area contributed by atoms with Gasteiger partial charge in [0.1, 0.15) is 6.61 Å². The van der Waals surface area contributed by atoms with Crippen molar-refractivity contribution in [2.24, 2.45) is 0 Å². The molecule has 0 amide bonds. The summed E-state index contributed by atoms with van der Waals surface area (Å²) in [7, 11) is 0. The number of aliphatic hydroxyl groups is 1. The van der Waals surface area contributed by atoms with E-state index in [1.165, 1.54) is 64.2 Å². The third kappa shape index (κ3) is 48.8. The average Bonchev–Trinajstić information content (AvgIpc) is 3.26. The molecule has 0 aliphatic carbocycles. The summed E-state index contributed by atoms with van der Waals surface area (Å²) in [6.07, 6.45) is 74.3. The van der Waals surface area contributed by atoms with Gasteiger partial charge in [-0.2, -0.15) is 0 Å². The largest absolute Gasteiger partial charge is 0.462 e. The Morgan fingerprint density at radius 1 is 0.393 bits per heavy atom. The van der Waals surface area contributed by atoms with E-state index in [9.17, 15) is 14.7 Å². The maximum atomic E-state index is 12.2. The molecule has 1 atom stereocenters. The highest BCUT2D eigenvalue weighted by Gasteiger charge is 2.16. The van der Waals surface area contributed by atoms with Crippen molar-refractivity contribution in [2.75, 3.05) is 13.2 Å². The summed E-state index contributed by atoms with van der Waals surface area (Å²) >= 11 is 0. The Kier molecular flexibility index (Phi) is 47.6. The number of carbonyl (C=O) groups excluding carboxylic acids is 2. The normalized spacial score (nSPS) is 13.3. The molecule has 0 saturated carbocycles. The smallest absolute Gasteiger partial charge is 0.306 e. The molecule has 1 N–H and O–H groups in total. The predicted octanol–water partition coefficient (Wildman–Crippen LogP) is 16.3. The predicted molar refractivity (Wildman–Crippen MR) is 265 cm³/mol. The summed E-state index contributed by atoms with van der Waals surface area (Å²) in [5.74, 6) is -0.623. The number of hydrogen-bond donors (Lipinski definition) is 1. The minimum atomic E-state index is -0.788. The molecule has 0 aliphatic rings. The Hall–Kier alpha value is -3.70. The first-order valence-electron chi connectivity index (χ1n) is 24.6. The minimum absolute atomic E-state index is 0.0814. The van der Waals surface area contributed by atoms with Gasteiger partial charge in [0, 0.05) is 12.8 Å². The monoisotopic (exact) mass is 843 g/mol. The Balaban J connectivity index is 3.63. The zero-order valence-electron chi connectivity index (χ0n) is 39.1. The van der Waals surface area contributed by atoms with Gasteiger partial charge >= 0.3 is 11.9 Å². The second-order valence-corrected chi connectivity index (χ2v) is 15.8. The number of unbranched alkanes of at least 4 members (excludes halogenated alkanes) is 15. The molecule has 0 spiro atoms. The fourth-order valence-corrected chi connectivity index (χ4v) is 6.30. The van der Waals surface area contributed by atoms with Crippen LogP contribution in [-0.2, 0) is 19.1 Å². The fraction of sp³-hybridized carbons (Fsp3) is 0.607. The number of aliphatic hydroxyl groups excluding tert-OH is 1. The molecule has 0 radical (unpaired) electrons. The van der Waals surface area contributed by atoms with Crippen molar-refractivity contribution in [3.8, 4) is 0 Å². The maximum Gasteiger partial charge on any atom is 0.306 e. The number of hydrogen-bond acceptors (Lipinski definition) is 5. The van der Waals surface area contributed by atoms with Gasteiger partial charge in [0.2, 0.25) is 0 Å². The Morgan fingerprint density at radius 3 is 1.08 bits per heavy atom. The van der Waals surface area contributed by atoms with E-state index in [0.717, 1.165) is 109 Å². The number of esters is 2. The lowest BCUT2D eigenvalue weighted by molar-refractivity contribution is -0.161. The van der Waals surface area contributed by atoms with Crippen LogP contribution in [0.4, 0.5) is 0 Å². The van der Waals surface area contributed by atoms with Crippen LogP contribution in [0.15, 0.2) is 122 Å². The molecule has 0 aromatic carbocycles. The first-order chi connectivity index (χ1) is 30.1. The molecule has 1 unspecified atom stereocenters. The van der Waals surface area contributed by atoms with Crippen LogP contribution in [0.25, 0.3) is 0 Å². The molecule has 5 heteroatoms. The van der Waals surface area contributed by atoms with Crippen molar-refractivity contribution in [3.63, 3.8) is 0 Å². The first-order valence-corrected chi connectivity index (χ1v) is 24.6. The van der Waals surface area contributed by atoms with Crippen LogP contribution in [0.5, 0.6) is 0 Å². The van der Waals surface area contributed by atoms with Crippen LogP contribution in [0, 0.1) is 0 Å². The first kappa shape index (κ1) is 57.3. The van der Waals surface area contributed by atoms with E-state index in [1.54, 1.807) is 0 Å². The highest BCUT2D eigenvalue weighted by Crippen LogP contribution is 2.12. The Labute approximate surface area is 375 Å². The van der Waals surface area contributed by atoms with E-state index in [-0.39, 0.29) is 25.2 Å². The van der Waals surface area contributed by atoms with E-state index in [1.807, 2.05) is 0 Å². The van der Waals surface area contributed by atoms with Gasteiger partial charge in [-0.25, -0.2) is 0 Å². The summed E-state index contributed by atoms with van der Waals surface area (Å²) in [4.78, 5) is 24.3. The second kappa shape index (κ2) is 50.7. The molecule has 0 rings (SSSR count). The van der Waals surface area contributed by atoms with E-state index in [2.05, 4.69) is 135 Å². The number of carbonyl (C=O) groups is 2. The summed E-state index contributed by atoms with van der Waals surface area (Å²) < 4.78 is 10.6. The zero-order chi connectivity index (χ0) is 44.2. The van der Waals surface area contributed by atoms with Crippen LogP contribution < -0.4 is 0 Å². The molecular weight excluding hydrogens is 753 g/mol. The molecular formula is C56H90O5. The van der Waals surface area contributed by atoms with Gasteiger partial charge in [-0.3, -0.25) is 9.59 Å². The summed E-state index contributed by atoms with van der Waals surface area (Å²) in [5.41, 5.74) is 0. The molecule has 0 aliphatic heterocycles. The van der Waals surface area contributed by atoms with Gasteiger partial charge in [0.05, 0.1) is 6.61 Å². The molecule has 0 saturated heterocycles. The average molecular weight is 843 g/mol. The Morgan fingerprint density at radius 2 is 0.705 bits per heavy atom. The number of ether oxygens (including phenoxy) is 2. The standard InChI is InChI=1S/C56H90O5/c1-3-5-7-9-11-13-15-17-18-19-20-21-22-23-24-25-26-27-28-29-30-31-32-33-34-35-36-37-38-39-41-43-45-47-49-51-56(59)61-54(52-57)53-60-55(58)50-48-46-44-42-40-16-14-12-10-8-6-4-2/h5,7,11-14,17-18,20-21,23-24,26-27,29-30,32-33,35-36,54,57H,3-4,6,8-10,15-16,19,22,25,28,31,34,37-53H2,1-2H3/b7-5-,13-11-,14-12-,18-17-,21-20-,24-23-,27-26-,30-29-,33-32-,36-35-. The van der Waals surface area contributed by atoms with E-state index >= 15 is 0 Å². The molecule has 0 aromatic rings. The van der Waals surface area contributed by atoms with Crippen LogP contribution in [-0.4, -0.2) is 36.4 Å². The molecule has 0 aromatic heterocycles. The molecule has 61 heavy (non-hydrogen) atoms. The van der Waals surface area contributed by atoms with Gasteiger partial charge in [0.25, 0.3) is 0 Å². The van der Waals surface area contributed by atoms with Crippen LogP contribution in [0.2, 0.25) is 0 Å². The van der Waals surface area contributed by atoms with Gasteiger partial charge in [0.15, 0.2) is 6.10 Å². The third-order valence-corrected chi connectivity index (χ3v) is 9.99. The van der Waals surface area contributed by atoms with Gasteiger partial charge < -0.3 is 14.6 Å². The molecule has 0 bridgehead atoms. The van der Waals surface area contributed by atoms with E-state index < -0.39 is 6.10 Å². The molecule has 0 fully saturated rings. The molecule has 344 valence electrons. The van der Waals surface area contributed by atoms with Crippen LogP contribution in [0.1, 0.15) is 200 Å². The van der Waals surface area contributed by atoms with Crippen molar-refractivity contribution in [3.05, 3.63) is 122 Å². The summed E-state index contributed by atoms with van der Waals surface area (Å²) in [5, 5.41) is 9.59. The van der Waals surface area contributed by atoms with E-state index in [0.29, 0.717) is 12.8 Å². The van der Waals surface area contributed by atoms with Gasteiger partial charge in [-0.15, -0.1) is 0 Å². The summed E-state index contributed by atoms with van der Waals surface area (Å²) in [6, 6.07) is 0. The lowest BCUT2D eigenvalue weighted by Gasteiger charge is -2.15. The Bertz CT molecular complexity index is 1270. The van der Waals surface area contributed by atoms with Crippen molar-refractivity contribution in [1.82, 2.24) is 0 Å². The van der Waals surface area contributed by atoms with Crippen molar-refractivity contribution < 1.29 is 24.2 Å². The van der Waals surface area contributed by atoms with Crippen LogP contribution >= 0.6 is 0 Å². The SMILES string of the molecule is CC/C=C\C/C=C\C/C=C\C/C=C\C/C=C\C/C=C\C/C=C\C/C=C\C/C=C\CCCCCCCCCC(=O)OC(CO)COC(=O)CCCCCCC/C=C\CCCCC. The quantitative estimate of drug-likeness (QED) is 0.0376.